The Bertz CT molecular complexity index is 864. The van der Waals surface area contributed by atoms with E-state index in [4.69, 9.17) is 0 Å². The van der Waals surface area contributed by atoms with Crippen molar-refractivity contribution in [2.24, 2.45) is 0 Å². The van der Waals surface area contributed by atoms with Gasteiger partial charge in [-0.1, -0.05) is 24.3 Å². The highest BCUT2D eigenvalue weighted by molar-refractivity contribution is 5.61. The van der Waals surface area contributed by atoms with E-state index in [0.717, 1.165) is 36.3 Å². The minimum atomic E-state index is -0.399. The summed E-state index contributed by atoms with van der Waals surface area (Å²) in [5.74, 6) is 0. The molecule has 1 aromatic carbocycles. The Morgan fingerprint density at radius 2 is 2.04 bits per heavy atom. The minimum Gasteiger partial charge on any atom is -0.390 e. The van der Waals surface area contributed by atoms with Gasteiger partial charge in [-0.3, -0.25) is 15.0 Å². The summed E-state index contributed by atoms with van der Waals surface area (Å²) in [6, 6.07) is 12.5. The number of aromatic nitrogens is 3. The summed E-state index contributed by atoms with van der Waals surface area (Å²) in [5, 5.41) is 21.0. The van der Waals surface area contributed by atoms with Gasteiger partial charge in [0, 0.05) is 56.2 Å². The Kier molecular flexibility index (Phi) is 5.58. The second-order valence-corrected chi connectivity index (χ2v) is 7.05. The van der Waals surface area contributed by atoms with Crippen LogP contribution in [-0.2, 0) is 19.5 Å². The fourth-order valence-corrected chi connectivity index (χ4v) is 3.65. The molecule has 0 amide bonds. The molecule has 0 spiro atoms. The van der Waals surface area contributed by atoms with E-state index in [-0.39, 0.29) is 0 Å². The van der Waals surface area contributed by atoms with Crippen LogP contribution in [-0.4, -0.2) is 50.9 Å². The maximum absolute atomic E-state index is 10.4. The number of aliphatic hydroxyl groups is 1. The van der Waals surface area contributed by atoms with Gasteiger partial charge in [-0.2, -0.15) is 5.10 Å². The van der Waals surface area contributed by atoms with Gasteiger partial charge in [-0.05, 0) is 29.7 Å². The highest BCUT2D eigenvalue weighted by atomic mass is 16.3. The first-order valence-corrected chi connectivity index (χ1v) is 9.40. The van der Waals surface area contributed by atoms with E-state index in [0.29, 0.717) is 19.6 Å². The Hall–Kier alpha value is -2.54. The van der Waals surface area contributed by atoms with Crippen molar-refractivity contribution in [3.63, 3.8) is 0 Å². The molecule has 0 bridgehead atoms. The number of benzene rings is 1. The van der Waals surface area contributed by atoms with E-state index in [1.807, 2.05) is 24.5 Å². The van der Waals surface area contributed by atoms with Gasteiger partial charge in [0.15, 0.2) is 0 Å². The second kappa shape index (κ2) is 8.43. The molecule has 3 aromatic rings. The Morgan fingerprint density at radius 3 is 2.89 bits per heavy atom. The van der Waals surface area contributed by atoms with E-state index >= 15 is 0 Å². The number of β-amino-alcohol motifs (C(OH)–C–C–N with tert-alkyl or cyclic N) is 1. The van der Waals surface area contributed by atoms with Crippen molar-refractivity contribution in [2.75, 3.05) is 19.6 Å². The maximum atomic E-state index is 10.4. The third-order valence-corrected chi connectivity index (χ3v) is 5.04. The predicted molar refractivity (Wildman–Crippen MR) is 105 cm³/mol. The quantitative estimate of drug-likeness (QED) is 0.598. The normalized spacial score (nSPS) is 15.4. The second-order valence-electron chi connectivity index (χ2n) is 7.05. The van der Waals surface area contributed by atoms with Crippen LogP contribution in [0.2, 0.25) is 0 Å². The zero-order valence-electron chi connectivity index (χ0n) is 15.3. The molecule has 0 radical (unpaired) electrons. The van der Waals surface area contributed by atoms with E-state index in [9.17, 15) is 5.11 Å². The highest BCUT2D eigenvalue weighted by Gasteiger charge is 2.18. The molecule has 0 saturated heterocycles. The number of fused-ring (bicyclic) bond motifs is 1. The van der Waals surface area contributed by atoms with E-state index < -0.39 is 6.10 Å². The van der Waals surface area contributed by atoms with Crippen LogP contribution in [0.15, 0.2) is 55.0 Å². The van der Waals surface area contributed by atoms with Gasteiger partial charge < -0.3 is 10.4 Å². The largest absolute Gasteiger partial charge is 0.390 e. The summed E-state index contributed by atoms with van der Waals surface area (Å²) in [6.07, 6.45) is 6.06. The van der Waals surface area contributed by atoms with Crippen LogP contribution in [0.3, 0.4) is 0 Å². The van der Waals surface area contributed by atoms with Gasteiger partial charge >= 0.3 is 0 Å². The van der Waals surface area contributed by atoms with Crippen molar-refractivity contribution in [3.05, 3.63) is 71.7 Å². The van der Waals surface area contributed by atoms with Gasteiger partial charge in [-0.15, -0.1) is 0 Å². The summed E-state index contributed by atoms with van der Waals surface area (Å²) in [5.41, 5.74) is 5.87. The number of nitrogens with one attached hydrogen (secondary N) is 2. The molecule has 3 N–H and O–H groups in total. The van der Waals surface area contributed by atoms with E-state index in [2.05, 4.69) is 49.7 Å². The average Bonchev–Trinajstić information content (AvgIpc) is 3.17. The first-order chi connectivity index (χ1) is 13.3. The third-order valence-electron chi connectivity index (χ3n) is 5.04. The number of hydrogen-bond donors (Lipinski definition) is 3. The van der Waals surface area contributed by atoms with Crippen LogP contribution < -0.4 is 5.32 Å². The fraction of sp³-hybridized carbons (Fsp3) is 0.333. The monoisotopic (exact) mass is 363 g/mol. The van der Waals surface area contributed by atoms with Crippen LogP contribution in [0.1, 0.15) is 16.7 Å². The zero-order chi connectivity index (χ0) is 18.5. The number of nitrogens with zero attached hydrogens (tertiary/aromatic N) is 3. The molecule has 0 saturated carbocycles. The maximum Gasteiger partial charge on any atom is 0.0791 e. The zero-order valence-corrected chi connectivity index (χ0v) is 15.3. The van der Waals surface area contributed by atoms with Gasteiger partial charge in [0.1, 0.15) is 0 Å². The summed E-state index contributed by atoms with van der Waals surface area (Å²) in [7, 11) is 0. The number of hydrogen-bond acceptors (Lipinski definition) is 5. The molecule has 27 heavy (non-hydrogen) atoms. The Morgan fingerprint density at radius 1 is 1.15 bits per heavy atom. The molecule has 1 aliphatic heterocycles. The lowest BCUT2D eigenvalue weighted by molar-refractivity contribution is 0.104. The number of rotatable bonds is 7. The van der Waals surface area contributed by atoms with Crippen molar-refractivity contribution >= 4 is 0 Å². The van der Waals surface area contributed by atoms with Crippen molar-refractivity contribution in [2.45, 2.75) is 25.6 Å². The first kappa shape index (κ1) is 17.9. The molecule has 6 heteroatoms. The molecule has 0 aliphatic carbocycles. The van der Waals surface area contributed by atoms with Crippen LogP contribution in [0.4, 0.5) is 0 Å². The van der Waals surface area contributed by atoms with Crippen LogP contribution >= 0.6 is 0 Å². The molecular weight excluding hydrogens is 338 g/mol. The van der Waals surface area contributed by atoms with Gasteiger partial charge in [0.25, 0.3) is 0 Å². The third kappa shape index (κ3) is 4.42. The summed E-state index contributed by atoms with van der Waals surface area (Å²) in [4.78, 5) is 6.48. The van der Waals surface area contributed by atoms with Crippen LogP contribution in [0.5, 0.6) is 0 Å². The SMILES string of the molecule is OC(CNCc1cn[nH]c1-c1cccnc1)CN1CCc2ccccc2C1. The number of aliphatic hydroxyl groups excluding tert-OH is 1. The Balaban J connectivity index is 1.26. The molecule has 1 unspecified atom stereocenters. The van der Waals surface area contributed by atoms with Crippen LogP contribution in [0.25, 0.3) is 11.3 Å². The standard InChI is InChI=1S/C21H25N5O/c27-20(15-26-9-7-16-4-1-2-5-18(16)14-26)13-23-11-19-12-24-25-21(19)17-6-3-8-22-10-17/h1-6,8,10,12,20,23,27H,7,9,11,13-15H2,(H,24,25). The topological polar surface area (TPSA) is 77.1 Å². The van der Waals surface area contributed by atoms with Crippen molar-refractivity contribution in [3.8, 4) is 11.3 Å². The lowest BCUT2D eigenvalue weighted by Gasteiger charge is -2.30. The van der Waals surface area contributed by atoms with Gasteiger partial charge in [0.05, 0.1) is 18.0 Å². The van der Waals surface area contributed by atoms with Crippen molar-refractivity contribution < 1.29 is 5.11 Å². The van der Waals surface area contributed by atoms with Gasteiger partial charge in [-0.25, -0.2) is 0 Å². The summed E-state index contributed by atoms with van der Waals surface area (Å²) < 4.78 is 0. The number of pyridine rings is 1. The molecule has 3 heterocycles. The first-order valence-electron chi connectivity index (χ1n) is 9.40. The van der Waals surface area contributed by atoms with Crippen molar-refractivity contribution in [1.29, 1.82) is 0 Å². The fourth-order valence-electron chi connectivity index (χ4n) is 3.65. The molecule has 4 rings (SSSR count). The average molecular weight is 363 g/mol. The van der Waals surface area contributed by atoms with Crippen molar-refractivity contribution in [1.82, 2.24) is 25.4 Å². The molecule has 1 atom stereocenters. The lowest BCUT2D eigenvalue weighted by Crippen LogP contribution is -2.40. The molecule has 2 aromatic heterocycles. The molecular formula is C21H25N5O. The van der Waals surface area contributed by atoms with E-state index in [1.54, 1.807) is 6.20 Å². The number of aromatic amines is 1. The van der Waals surface area contributed by atoms with E-state index in [1.165, 1.54) is 11.1 Å². The van der Waals surface area contributed by atoms with Crippen LogP contribution in [0, 0.1) is 0 Å². The highest BCUT2D eigenvalue weighted by Crippen LogP contribution is 2.20. The molecule has 0 fully saturated rings. The predicted octanol–water partition coefficient (Wildman–Crippen LogP) is 1.98. The summed E-state index contributed by atoms with van der Waals surface area (Å²) in [6.45, 7) is 3.81. The Labute approximate surface area is 159 Å². The molecule has 140 valence electrons. The van der Waals surface area contributed by atoms with Gasteiger partial charge in [0.2, 0.25) is 0 Å². The molecule has 1 aliphatic rings. The minimum absolute atomic E-state index is 0.399. The molecule has 6 nitrogen and oxygen atoms in total. The smallest absolute Gasteiger partial charge is 0.0791 e. The number of H-pyrrole nitrogens is 1. The lowest BCUT2D eigenvalue weighted by atomic mass is 10.00. The summed E-state index contributed by atoms with van der Waals surface area (Å²) >= 11 is 0.